The normalized spacial score (nSPS) is 12.6. The number of methoxy groups -OCH3 is 1. The Morgan fingerprint density at radius 2 is 2.09 bits per heavy atom. The molecule has 2 rings (SSSR count). The number of fused-ring (bicyclic) bond motifs is 1. The molecule has 1 amide bonds. The average molecular weight is 360 g/mol. The molecule has 0 aromatic heterocycles. The predicted molar refractivity (Wildman–Crippen MR) is 88.7 cm³/mol. The van der Waals surface area contributed by atoms with E-state index in [1.165, 1.54) is 7.11 Å². The second-order valence-corrected chi connectivity index (χ2v) is 6.31. The van der Waals surface area contributed by atoms with E-state index < -0.39 is 0 Å². The lowest BCUT2D eigenvalue weighted by Gasteiger charge is -2.20. The van der Waals surface area contributed by atoms with Crippen molar-refractivity contribution in [3.05, 3.63) is 22.7 Å². The largest absolute Gasteiger partial charge is 0.486 e. The van der Waals surface area contributed by atoms with Crippen LogP contribution in [0.5, 0.6) is 11.5 Å². The summed E-state index contributed by atoms with van der Waals surface area (Å²) in [6.45, 7) is 1.38. The fourth-order valence-corrected chi connectivity index (χ4v) is 2.97. The summed E-state index contributed by atoms with van der Waals surface area (Å²) < 4.78 is 15.4. The number of benzene rings is 1. The first kappa shape index (κ1) is 17.7. The first-order chi connectivity index (χ1) is 11.1. The molecule has 0 radical (unpaired) electrons. The molecule has 1 aliphatic rings. The van der Waals surface area contributed by atoms with Gasteiger partial charge < -0.3 is 19.5 Å². The molecule has 8 heteroatoms. The number of halogens is 1. The zero-order valence-electron chi connectivity index (χ0n) is 12.7. The number of ether oxygens (including phenoxy) is 3. The molecule has 0 fully saturated rings. The molecule has 1 heterocycles. The molecule has 1 aliphatic heterocycles. The van der Waals surface area contributed by atoms with Gasteiger partial charge in [-0.2, -0.15) is 11.8 Å². The van der Waals surface area contributed by atoms with Crippen molar-refractivity contribution in [3.63, 3.8) is 0 Å². The van der Waals surface area contributed by atoms with Crippen molar-refractivity contribution in [1.29, 1.82) is 0 Å². The third kappa shape index (κ3) is 5.21. The quantitative estimate of drug-likeness (QED) is 0.594. The lowest BCUT2D eigenvalue weighted by atomic mass is 10.2. The number of rotatable bonds is 7. The van der Waals surface area contributed by atoms with Gasteiger partial charge in [0.2, 0.25) is 0 Å². The standard InChI is InChI=1S/C15H18ClNO5S/c1-20-13(18)2-6-23-7-3-17-15(19)10-8-11(16)14-12(9-10)21-4-5-22-14/h8-9H,2-7H2,1H3,(H,17,19). The van der Waals surface area contributed by atoms with E-state index in [0.29, 0.717) is 59.8 Å². The zero-order valence-corrected chi connectivity index (χ0v) is 14.3. The van der Waals surface area contributed by atoms with Gasteiger partial charge in [-0.05, 0) is 12.1 Å². The highest BCUT2D eigenvalue weighted by Gasteiger charge is 2.19. The predicted octanol–water partition coefficient (Wildman–Crippen LogP) is 2.14. The van der Waals surface area contributed by atoms with Crippen LogP contribution in [0, 0.1) is 0 Å². The molecule has 0 bridgehead atoms. The highest BCUT2D eigenvalue weighted by molar-refractivity contribution is 7.99. The Bertz CT molecular complexity index is 581. The van der Waals surface area contributed by atoms with E-state index in [0.717, 1.165) is 0 Å². The number of hydrogen-bond acceptors (Lipinski definition) is 6. The third-order valence-electron chi connectivity index (χ3n) is 3.07. The number of hydrogen-bond donors (Lipinski definition) is 1. The van der Waals surface area contributed by atoms with E-state index in [1.54, 1.807) is 23.9 Å². The zero-order chi connectivity index (χ0) is 16.7. The average Bonchev–Trinajstić information content (AvgIpc) is 2.57. The van der Waals surface area contributed by atoms with Crippen LogP contribution in [0.3, 0.4) is 0 Å². The molecule has 23 heavy (non-hydrogen) atoms. The minimum Gasteiger partial charge on any atom is -0.486 e. The lowest BCUT2D eigenvalue weighted by molar-refractivity contribution is -0.140. The van der Waals surface area contributed by atoms with Crippen molar-refractivity contribution >= 4 is 35.2 Å². The summed E-state index contributed by atoms with van der Waals surface area (Å²) in [6.07, 6.45) is 0.368. The van der Waals surface area contributed by atoms with Gasteiger partial charge in [0.1, 0.15) is 13.2 Å². The van der Waals surface area contributed by atoms with Gasteiger partial charge in [0.15, 0.2) is 11.5 Å². The Kier molecular flexibility index (Phi) is 6.85. The van der Waals surface area contributed by atoms with Crippen molar-refractivity contribution < 1.29 is 23.8 Å². The Hall–Kier alpha value is -1.60. The molecule has 1 aromatic carbocycles. The summed E-state index contributed by atoms with van der Waals surface area (Å²) in [5.41, 5.74) is 0.429. The van der Waals surface area contributed by atoms with Crippen LogP contribution in [-0.4, -0.2) is 50.3 Å². The molecular formula is C15H18ClNO5S. The molecule has 6 nitrogen and oxygen atoms in total. The maximum atomic E-state index is 12.1. The molecular weight excluding hydrogens is 342 g/mol. The van der Waals surface area contributed by atoms with E-state index in [4.69, 9.17) is 21.1 Å². The monoisotopic (exact) mass is 359 g/mol. The van der Waals surface area contributed by atoms with E-state index >= 15 is 0 Å². The fourth-order valence-electron chi connectivity index (χ4n) is 1.94. The second kappa shape index (κ2) is 8.88. The van der Waals surface area contributed by atoms with Gasteiger partial charge in [-0.25, -0.2) is 0 Å². The second-order valence-electron chi connectivity index (χ2n) is 4.68. The Balaban J connectivity index is 1.78. The molecule has 0 saturated heterocycles. The van der Waals surface area contributed by atoms with Gasteiger partial charge in [-0.3, -0.25) is 9.59 Å². The Morgan fingerprint density at radius 3 is 2.87 bits per heavy atom. The maximum absolute atomic E-state index is 12.1. The van der Waals surface area contributed by atoms with Gasteiger partial charge in [-0.15, -0.1) is 0 Å². The minimum absolute atomic E-state index is 0.225. The van der Waals surface area contributed by atoms with Crippen molar-refractivity contribution in [2.24, 2.45) is 0 Å². The number of esters is 1. The van der Waals surface area contributed by atoms with Crippen LogP contribution in [0.2, 0.25) is 5.02 Å². The van der Waals surface area contributed by atoms with Crippen molar-refractivity contribution in [2.45, 2.75) is 6.42 Å². The fraction of sp³-hybridized carbons (Fsp3) is 0.467. The third-order valence-corrected chi connectivity index (χ3v) is 4.34. The number of carbonyl (C=O) groups is 2. The molecule has 0 saturated carbocycles. The van der Waals surface area contributed by atoms with Crippen LogP contribution in [0.1, 0.15) is 16.8 Å². The first-order valence-electron chi connectivity index (χ1n) is 7.13. The summed E-state index contributed by atoms with van der Waals surface area (Å²) >= 11 is 7.68. The summed E-state index contributed by atoms with van der Waals surface area (Å²) in [5.74, 6) is 1.89. The Labute approximate surface area is 143 Å². The summed E-state index contributed by atoms with van der Waals surface area (Å²) in [4.78, 5) is 23.1. The number of nitrogens with one attached hydrogen (secondary N) is 1. The van der Waals surface area contributed by atoms with Gasteiger partial charge >= 0.3 is 5.97 Å². The molecule has 0 aliphatic carbocycles. The van der Waals surface area contributed by atoms with E-state index in [2.05, 4.69) is 10.1 Å². The summed E-state index contributed by atoms with van der Waals surface area (Å²) in [7, 11) is 1.37. The van der Waals surface area contributed by atoms with Crippen LogP contribution in [0.4, 0.5) is 0 Å². The molecule has 0 unspecified atom stereocenters. The van der Waals surface area contributed by atoms with Gasteiger partial charge in [0.05, 0.1) is 18.6 Å². The lowest BCUT2D eigenvalue weighted by Crippen LogP contribution is -2.26. The number of amides is 1. The van der Waals surface area contributed by atoms with E-state index in [-0.39, 0.29) is 11.9 Å². The molecule has 0 atom stereocenters. The highest BCUT2D eigenvalue weighted by atomic mass is 35.5. The van der Waals surface area contributed by atoms with Crippen LogP contribution in [-0.2, 0) is 9.53 Å². The van der Waals surface area contributed by atoms with Crippen molar-refractivity contribution in [1.82, 2.24) is 5.32 Å². The number of thioether (sulfide) groups is 1. The van der Waals surface area contributed by atoms with Crippen LogP contribution in [0.15, 0.2) is 12.1 Å². The minimum atomic E-state index is -0.229. The summed E-state index contributed by atoms with van der Waals surface area (Å²) in [5, 5.41) is 3.17. The first-order valence-corrected chi connectivity index (χ1v) is 8.67. The maximum Gasteiger partial charge on any atom is 0.306 e. The summed E-state index contributed by atoms with van der Waals surface area (Å²) in [6, 6.07) is 3.19. The molecule has 126 valence electrons. The Morgan fingerprint density at radius 1 is 1.30 bits per heavy atom. The van der Waals surface area contributed by atoms with Gasteiger partial charge in [-0.1, -0.05) is 11.6 Å². The van der Waals surface area contributed by atoms with Crippen LogP contribution >= 0.6 is 23.4 Å². The highest BCUT2D eigenvalue weighted by Crippen LogP contribution is 2.38. The van der Waals surface area contributed by atoms with Crippen molar-refractivity contribution in [2.75, 3.05) is 38.4 Å². The molecule has 0 spiro atoms. The van der Waals surface area contributed by atoms with Crippen LogP contribution < -0.4 is 14.8 Å². The number of carbonyl (C=O) groups excluding carboxylic acids is 2. The van der Waals surface area contributed by atoms with Gasteiger partial charge in [0, 0.05) is 23.6 Å². The molecule has 1 N–H and O–H groups in total. The SMILES string of the molecule is COC(=O)CCSCCNC(=O)c1cc(Cl)c2c(c1)OCCO2. The van der Waals surface area contributed by atoms with Crippen LogP contribution in [0.25, 0.3) is 0 Å². The smallest absolute Gasteiger partial charge is 0.306 e. The van der Waals surface area contributed by atoms with E-state index in [1.807, 2.05) is 0 Å². The van der Waals surface area contributed by atoms with Gasteiger partial charge in [0.25, 0.3) is 5.91 Å². The van der Waals surface area contributed by atoms with E-state index in [9.17, 15) is 9.59 Å². The topological polar surface area (TPSA) is 73.9 Å². The van der Waals surface area contributed by atoms with Crippen molar-refractivity contribution in [3.8, 4) is 11.5 Å². The molecule has 1 aromatic rings.